The topological polar surface area (TPSA) is 52.6 Å². The summed E-state index contributed by atoms with van der Waals surface area (Å²) in [6, 6.07) is 0. The number of nitrogens with one attached hydrogen (secondary N) is 1. The Morgan fingerprint density at radius 3 is 3.17 bits per heavy atom. The molecular formula is C8H8N2O2. The Bertz CT molecular complexity index is 315. The Morgan fingerprint density at radius 2 is 2.42 bits per heavy atom. The van der Waals surface area contributed by atoms with Crippen LogP contribution in [0.3, 0.4) is 0 Å². The Hall–Kier alpha value is -1.55. The molecule has 2 aliphatic rings. The summed E-state index contributed by atoms with van der Waals surface area (Å²) >= 11 is 0. The van der Waals surface area contributed by atoms with E-state index in [1.165, 1.54) is 0 Å². The number of rotatable bonds is 1. The van der Waals surface area contributed by atoms with Gasteiger partial charge in [-0.25, -0.2) is 10.2 Å². The minimum absolute atomic E-state index is 0.388. The van der Waals surface area contributed by atoms with Crippen LogP contribution in [0.4, 0.5) is 0 Å². The van der Waals surface area contributed by atoms with Crippen molar-refractivity contribution in [3.8, 4) is 0 Å². The van der Waals surface area contributed by atoms with Crippen LogP contribution in [-0.2, 0) is 4.79 Å². The number of nitrogens with zero attached hydrogens (tertiary/aromatic N) is 1. The monoisotopic (exact) mass is 164 g/mol. The molecule has 0 aromatic heterocycles. The molecule has 0 spiro atoms. The molecule has 2 aliphatic heterocycles. The van der Waals surface area contributed by atoms with Gasteiger partial charge in [0.05, 0.1) is 11.3 Å². The molecule has 12 heavy (non-hydrogen) atoms. The van der Waals surface area contributed by atoms with Crippen molar-refractivity contribution in [1.82, 2.24) is 10.4 Å². The summed E-state index contributed by atoms with van der Waals surface area (Å²) in [5, 5.41) is 10.5. The second-order valence-corrected chi connectivity index (χ2v) is 2.57. The first-order chi connectivity index (χ1) is 5.79. The number of fused-ring (bicyclic) bond motifs is 1. The largest absolute Gasteiger partial charge is 0.478 e. The molecule has 2 rings (SSSR count). The molecule has 62 valence electrons. The van der Waals surface area contributed by atoms with Crippen LogP contribution in [0.15, 0.2) is 35.7 Å². The molecule has 0 saturated carbocycles. The minimum atomic E-state index is -0.861. The van der Waals surface area contributed by atoms with Crippen molar-refractivity contribution in [3.63, 3.8) is 0 Å². The maximum absolute atomic E-state index is 10.7. The van der Waals surface area contributed by atoms with Crippen LogP contribution < -0.4 is 5.43 Å². The first kappa shape index (κ1) is 7.12. The van der Waals surface area contributed by atoms with Gasteiger partial charge in [0.15, 0.2) is 0 Å². The Labute approximate surface area is 69.4 Å². The van der Waals surface area contributed by atoms with Crippen LogP contribution in [0.1, 0.15) is 0 Å². The van der Waals surface area contributed by atoms with Crippen molar-refractivity contribution in [2.45, 2.75) is 0 Å². The summed E-state index contributed by atoms with van der Waals surface area (Å²) < 4.78 is 0. The van der Waals surface area contributed by atoms with Crippen molar-refractivity contribution in [1.29, 1.82) is 0 Å². The van der Waals surface area contributed by atoms with Gasteiger partial charge in [0.25, 0.3) is 0 Å². The fourth-order valence-corrected chi connectivity index (χ4v) is 1.27. The van der Waals surface area contributed by atoms with Crippen molar-refractivity contribution in [2.75, 3.05) is 6.54 Å². The minimum Gasteiger partial charge on any atom is -0.478 e. The number of allylic oxidation sites excluding steroid dienone is 3. The molecule has 0 atom stereocenters. The second kappa shape index (κ2) is 2.49. The SMILES string of the molecule is O=C(O)C1=C2C=CC=CN2NC1. The molecule has 2 heterocycles. The Balaban J connectivity index is 2.40. The zero-order valence-electron chi connectivity index (χ0n) is 6.32. The number of carbonyl (C=O) groups is 1. The number of hydrogen-bond acceptors (Lipinski definition) is 3. The van der Waals surface area contributed by atoms with E-state index in [0.717, 1.165) is 5.70 Å². The van der Waals surface area contributed by atoms with Crippen LogP contribution in [-0.4, -0.2) is 22.6 Å². The summed E-state index contributed by atoms with van der Waals surface area (Å²) in [4.78, 5) is 10.7. The molecule has 0 aromatic carbocycles. The van der Waals surface area contributed by atoms with Crippen molar-refractivity contribution in [3.05, 3.63) is 35.7 Å². The second-order valence-electron chi connectivity index (χ2n) is 2.57. The third-order valence-corrected chi connectivity index (χ3v) is 1.85. The summed E-state index contributed by atoms with van der Waals surface area (Å²) in [5.74, 6) is -0.861. The highest BCUT2D eigenvalue weighted by Gasteiger charge is 2.24. The Kier molecular flexibility index (Phi) is 1.48. The van der Waals surface area contributed by atoms with Crippen LogP contribution in [0.25, 0.3) is 0 Å². The van der Waals surface area contributed by atoms with E-state index in [9.17, 15) is 4.79 Å². The lowest BCUT2D eigenvalue weighted by atomic mass is 10.2. The number of hydrazine groups is 1. The molecule has 0 fully saturated rings. The predicted molar refractivity (Wildman–Crippen MR) is 42.8 cm³/mol. The summed E-state index contributed by atoms with van der Waals surface area (Å²) in [7, 11) is 0. The third-order valence-electron chi connectivity index (χ3n) is 1.85. The molecule has 0 bridgehead atoms. The van der Waals surface area contributed by atoms with Gasteiger partial charge in [-0.05, 0) is 12.2 Å². The van der Waals surface area contributed by atoms with Crippen molar-refractivity contribution in [2.24, 2.45) is 0 Å². The van der Waals surface area contributed by atoms with Gasteiger partial charge in [-0.3, -0.25) is 5.01 Å². The number of carboxylic acids is 1. The van der Waals surface area contributed by atoms with Gasteiger partial charge < -0.3 is 5.11 Å². The van der Waals surface area contributed by atoms with Crippen LogP contribution in [0.2, 0.25) is 0 Å². The number of carboxylic acid groups (broad SMARTS) is 1. The fourth-order valence-electron chi connectivity index (χ4n) is 1.27. The quantitative estimate of drug-likeness (QED) is 0.582. The van der Waals surface area contributed by atoms with Crippen LogP contribution in [0.5, 0.6) is 0 Å². The summed E-state index contributed by atoms with van der Waals surface area (Å²) in [6.07, 6.45) is 7.25. The van der Waals surface area contributed by atoms with Gasteiger partial charge in [-0.2, -0.15) is 0 Å². The number of aliphatic carboxylic acids is 1. The fraction of sp³-hybridized carbons (Fsp3) is 0.125. The molecule has 0 saturated heterocycles. The lowest BCUT2D eigenvalue weighted by Crippen LogP contribution is -2.26. The highest BCUT2D eigenvalue weighted by molar-refractivity contribution is 5.89. The zero-order chi connectivity index (χ0) is 8.55. The predicted octanol–water partition coefficient (Wildman–Crippen LogP) is 0.229. The van der Waals surface area contributed by atoms with Gasteiger partial charge >= 0.3 is 5.97 Å². The van der Waals surface area contributed by atoms with E-state index in [4.69, 9.17) is 5.11 Å². The van der Waals surface area contributed by atoms with Crippen LogP contribution >= 0.6 is 0 Å². The first-order valence-electron chi connectivity index (χ1n) is 3.63. The van der Waals surface area contributed by atoms with Gasteiger partial charge in [-0.1, -0.05) is 6.08 Å². The highest BCUT2D eigenvalue weighted by Crippen LogP contribution is 2.19. The van der Waals surface area contributed by atoms with Gasteiger partial charge in [0.1, 0.15) is 0 Å². The standard InChI is InChI=1S/C8H8N2O2/c11-8(12)6-5-9-10-4-2-1-3-7(6)10/h1-4,9H,5H2,(H,11,12). The van der Waals surface area contributed by atoms with E-state index < -0.39 is 5.97 Å². The van der Waals surface area contributed by atoms with E-state index in [0.29, 0.717) is 12.1 Å². The zero-order valence-corrected chi connectivity index (χ0v) is 6.32. The van der Waals surface area contributed by atoms with E-state index in [2.05, 4.69) is 5.43 Å². The van der Waals surface area contributed by atoms with E-state index >= 15 is 0 Å². The van der Waals surface area contributed by atoms with E-state index in [1.54, 1.807) is 17.3 Å². The maximum Gasteiger partial charge on any atom is 0.335 e. The van der Waals surface area contributed by atoms with Gasteiger partial charge in [-0.15, -0.1) is 0 Å². The van der Waals surface area contributed by atoms with Crippen LogP contribution in [0, 0.1) is 0 Å². The molecule has 0 aliphatic carbocycles. The van der Waals surface area contributed by atoms with Gasteiger partial charge in [0, 0.05) is 12.7 Å². The molecule has 0 unspecified atom stereocenters. The van der Waals surface area contributed by atoms with E-state index in [-0.39, 0.29) is 0 Å². The normalized spacial score (nSPS) is 20.2. The molecule has 0 radical (unpaired) electrons. The maximum atomic E-state index is 10.7. The molecule has 4 heteroatoms. The number of hydrogen-bond donors (Lipinski definition) is 2. The Morgan fingerprint density at radius 1 is 1.58 bits per heavy atom. The lowest BCUT2D eigenvalue weighted by Gasteiger charge is -2.16. The first-order valence-corrected chi connectivity index (χ1v) is 3.63. The lowest BCUT2D eigenvalue weighted by molar-refractivity contribution is -0.132. The third kappa shape index (κ3) is 0.931. The van der Waals surface area contributed by atoms with Crippen molar-refractivity contribution < 1.29 is 9.90 Å². The molecule has 0 amide bonds. The van der Waals surface area contributed by atoms with E-state index in [1.807, 2.05) is 12.2 Å². The average Bonchev–Trinajstić information content (AvgIpc) is 2.47. The average molecular weight is 164 g/mol. The molecule has 4 nitrogen and oxygen atoms in total. The van der Waals surface area contributed by atoms with Crippen molar-refractivity contribution >= 4 is 5.97 Å². The molecule has 0 aromatic rings. The molecule has 2 N–H and O–H groups in total. The summed E-state index contributed by atoms with van der Waals surface area (Å²) in [6.45, 7) is 0.388. The summed E-state index contributed by atoms with van der Waals surface area (Å²) in [5.41, 5.74) is 4.07. The smallest absolute Gasteiger partial charge is 0.335 e. The highest BCUT2D eigenvalue weighted by atomic mass is 16.4. The van der Waals surface area contributed by atoms with Gasteiger partial charge in [0.2, 0.25) is 0 Å². The molecular weight excluding hydrogens is 156 g/mol.